The zero-order valence-electron chi connectivity index (χ0n) is 8.88. The Morgan fingerprint density at radius 3 is 2.31 bits per heavy atom. The molecule has 0 aromatic heterocycles. The molecule has 4 nitrogen and oxygen atoms in total. The Balaban J connectivity index is 2.54. The summed E-state index contributed by atoms with van der Waals surface area (Å²) in [5.74, 6) is 0. The molecule has 0 atom stereocenters. The third-order valence-corrected chi connectivity index (χ3v) is 2.64. The van der Waals surface area contributed by atoms with Crippen LogP contribution in [0.4, 0.5) is 18.0 Å². The molecule has 0 saturated carbocycles. The number of piperidine rings is 1. The van der Waals surface area contributed by atoms with Gasteiger partial charge in [0.15, 0.2) is 5.60 Å². The molecule has 0 aliphatic carbocycles. The number of aliphatic hydroxyl groups is 1. The molecule has 0 aromatic carbocycles. The molecule has 7 heteroatoms. The van der Waals surface area contributed by atoms with Gasteiger partial charge in [0.25, 0.3) is 0 Å². The highest BCUT2D eigenvalue weighted by atomic mass is 19.4. The van der Waals surface area contributed by atoms with Crippen molar-refractivity contribution < 1.29 is 27.8 Å². The van der Waals surface area contributed by atoms with Gasteiger partial charge in [0.2, 0.25) is 0 Å². The zero-order chi connectivity index (χ0) is 12.4. The molecule has 1 N–H and O–H groups in total. The van der Waals surface area contributed by atoms with E-state index in [0.717, 1.165) is 0 Å². The molecule has 0 radical (unpaired) electrons. The van der Waals surface area contributed by atoms with Crippen molar-refractivity contribution in [2.24, 2.45) is 0 Å². The maximum atomic E-state index is 12.4. The fourth-order valence-electron chi connectivity index (χ4n) is 1.56. The summed E-state index contributed by atoms with van der Waals surface area (Å²) < 4.78 is 41.9. The molecule has 1 aliphatic heterocycles. The van der Waals surface area contributed by atoms with Gasteiger partial charge in [-0.15, -0.1) is 0 Å². The lowest BCUT2D eigenvalue weighted by Crippen LogP contribution is -2.54. The predicted octanol–water partition coefficient (Wildman–Crippen LogP) is 1.53. The van der Waals surface area contributed by atoms with E-state index in [2.05, 4.69) is 4.74 Å². The van der Waals surface area contributed by atoms with E-state index in [1.807, 2.05) is 0 Å². The Morgan fingerprint density at radius 1 is 1.44 bits per heavy atom. The van der Waals surface area contributed by atoms with Crippen molar-refractivity contribution in [3.63, 3.8) is 0 Å². The number of hydrogen-bond donors (Lipinski definition) is 1. The van der Waals surface area contributed by atoms with Crippen LogP contribution in [0.3, 0.4) is 0 Å². The molecule has 1 amide bonds. The number of likely N-dealkylation sites (tertiary alicyclic amines) is 1. The van der Waals surface area contributed by atoms with Crippen LogP contribution in [0.2, 0.25) is 0 Å². The van der Waals surface area contributed by atoms with Crippen molar-refractivity contribution in [1.82, 2.24) is 4.90 Å². The van der Waals surface area contributed by atoms with E-state index in [0.29, 0.717) is 0 Å². The highest BCUT2D eigenvalue weighted by molar-refractivity contribution is 5.67. The fourth-order valence-corrected chi connectivity index (χ4v) is 1.56. The van der Waals surface area contributed by atoms with Crippen LogP contribution >= 0.6 is 0 Å². The number of nitrogens with zero attached hydrogens (tertiary/aromatic N) is 1. The van der Waals surface area contributed by atoms with Crippen LogP contribution in [0.15, 0.2) is 0 Å². The summed E-state index contributed by atoms with van der Waals surface area (Å²) in [6.07, 6.45) is -6.29. The minimum absolute atomic E-state index is 0.144. The van der Waals surface area contributed by atoms with Gasteiger partial charge in [-0.1, -0.05) is 0 Å². The molecule has 0 bridgehead atoms. The van der Waals surface area contributed by atoms with Gasteiger partial charge in [-0.3, -0.25) is 0 Å². The number of halogens is 3. The molecule has 0 unspecified atom stereocenters. The molecule has 94 valence electrons. The van der Waals surface area contributed by atoms with Crippen LogP contribution in [0.1, 0.15) is 19.8 Å². The van der Waals surface area contributed by atoms with Crippen LogP contribution in [-0.4, -0.2) is 47.6 Å². The third kappa shape index (κ3) is 2.58. The lowest BCUT2D eigenvalue weighted by atomic mass is 9.91. The van der Waals surface area contributed by atoms with Crippen LogP contribution < -0.4 is 0 Å². The second-order valence-electron chi connectivity index (χ2n) is 3.72. The normalized spacial score (nSPS) is 20.7. The van der Waals surface area contributed by atoms with E-state index < -0.39 is 30.7 Å². The van der Waals surface area contributed by atoms with Gasteiger partial charge in [-0.05, 0) is 6.92 Å². The summed E-state index contributed by atoms with van der Waals surface area (Å²) in [6, 6.07) is 0. The van der Waals surface area contributed by atoms with E-state index in [4.69, 9.17) is 0 Å². The fraction of sp³-hybridized carbons (Fsp3) is 0.889. The van der Waals surface area contributed by atoms with E-state index in [-0.39, 0.29) is 19.7 Å². The van der Waals surface area contributed by atoms with Gasteiger partial charge in [0.1, 0.15) is 0 Å². The third-order valence-electron chi connectivity index (χ3n) is 2.64. The van der Waals surface area contributed by atoms with E-state index in [1.54, 1.807) is 6.92 Å². The summed E-state index contributed by atoms with van der Waals surface area (Å²) in [5, 5.41) is 9.33. The maximum absolute atomic E-state index is 12.4. The smallest absolute Gasteiger partial charge is 0.417 e. The minimum Gasteiger partial charge on any atom is -0.450 e. The lowest BCUT2D eigenvalue weighted by molar-refractivity contribution is -0.271. The second-order valence-corrected chi connectivity index (χ2v) is 3.72. The van der Waals surface area contributed by atoms with Gasteiger partial charge < -0.3 is 14.7 Å². The highest BCUT2D eigenvalue weighted by Crippen LogP contribution is 2.38. The topological polar surface area (TPSA) is 49.8 Å². The first-order chi connectivity index (χ1) is 7.30. The molecular weight excluding hydrogens is 227 g/mol. The van der Waals surface area contributed by atoms with Gasteiger partial charge in [0, 0.05) is 25.9 Å². The highest BCUT2D eigenvalue weighted by Gasteiger charge is 2.55. The summed E-state index contributed by atoms with van der Waals surface area (Å²) in [7, 11) is 0. The number of carbonyl (C=O) groups is 1. The number of hydrogen-bond acceptors (Lipinski definition) is 3. The zero-order valence-corrected chi connectivity index (χ0v) is 8.88. The molecule has 1 fully saturated rings. The van der Waals surface area contributed by atoms with Crippen LogP contribution in [0, 0.1) is 0 Å². The molecule has 1 heterocycles. The van der Waals surface area contributed by atoms with Crippen molar-refractivity contribution in [3.8, 4) is 0 Å². The van der Waals surface area contributed by atoms with Gasteiger partial charge in [0.05, 0.1) is 6.61 Å². The first-order valence-electron chi connectivity index (χ1n) is 5.01. The molecule has 1 rings (SSSR count). The van der Waals surface area contributed by atoms with Crippen LogP contribution in [-0.2, 0) is 4.74 Å². The summed E-state index contributed by atoms with van der Waals surface area (Å²) in [6.45, 7) is 1.51. The Hall–Kier alpha value is -0.980. The van der Waals surface area contributed by atoms with Crippen molar-refractivity contribution in [2.75, 3.05) is 19.7 Å². The average molecular weight is 241 g/mol. The number of carbonyl (C=O) groups excluding carboxylic acids is 1. The van der Waals surface area contributed by atoms with Crippen molar-refractivity contribution >= 4 is 6.09 Å². The van der Waals surface area contributed by atoms with Crippen molar-refractivity contribution in [3.05, 3.63) is 0 Å². The summed E-state index contributed by atoms with van der Waals surface area (Å²) >= 11 is 0. The molecule has 1 aliphatic rings. The minimum atomic E-state index is -4.65. The molecule has 16 heavy (non-hydrogen) atoms. The quantitative estimate of drug-likeness (QED) is 0.757. The van der Waals surface area contributed by atoms with Gasteiger partial charge in [-0.2, -0.15) is 13.2 Å². The van der Waals surface area contributed by atoms with Crippen molar-refractivity contribution in [2.45, 2.75) is 31.5 Å². The maximum Gasteiger partial charge on any atom is 0.417 e. The molecular formula is C9H14F3NO3. The summed E-state index contributed by atoms with van der Waals surface area (Å²) in [5.41, 5.74) is -2.67. The largest absolute Gasteiger partial charge is 0.450 e. The van der Waals surface area contributed by atoms with E-state index in [9.17, 15) is 23.1 Å². The van der Waals surface area contributed by atoms with E-state index >= 15 is 0 Å². The predicted molar refractivity (Wildman–Crippen MR) is 48.8 cm³/mol. The Kier molecular flexibility index (Phi) is 3.67. The lowest BCUT2D eigenvalue weighted by Gasteiger charge is -2.38. The monoisotopic (exact) mass is 241 g/mol. The van der Waals surface area contributed by atoms with Crippen LogP contribution in [0.5, 0.6) is 0 Å². The number of amides is 1. The SMILES string of the molecule is CCOC(=O)N1CCC(O)(C(F)(F)F)CC1. The van der Waals surface area contributed by atoms with Crippen LogP contribution in [0.25, 0.3) is 0 Å². The van der Waals surface area contributed by atoms with E-state index in [1.165, 1.54) is 4.90 Å². The van der Waals surface area contributed by atoms with Crippen molar-refractivity contribution in [1.29, 1.82) is 0 Å². The average Bonchev–Trinajstić information content (AvgIpc) is 2.17. The Morgan fingerprint density at radius 2 is 1.94 bits per heavy atom. The Bertz CT molecular complexity index is 259. The first-order valence-corrected chi connectivity index (χ1v) is 5.01. The second kappa shape index (κ2) is 4.48. The Labute approximate surface area is 91.0 Å². The van der Waals surface area contributed by atoms with Gasteiger partial charge >= 0.3 is 12.3 Å². The number of ether oxygens (including phenoxy) is 1. The molecule has 0 aromatic rings. The standard InChI is InChI=1S/C9H14F3NO3/c1-2-16-7(14)13-5-3-8(15,4-6-13)9(10,11)12/h15H,2-6H2,1H3. The first kappa shape index (κ1) is 13.1. The van der Waals surface area contributed by atoms with Gasteiger partial charge in [-0.25, -0.2) is 4.79 Å². The number of rotatable bonds is 1. The molecule has 1 saturated heterocycles. The summed E-state index contributed by atoms with van der Waals surface area (Å²) in [4.78, 5) is 12.4. The number of alkyl halides is 3. The molecule has 0 spiro atoms.